The van der Waals surface area contributed by atoms with Gasteiger partial charge in [0.15, 0.2) is 0 Å². The molecular weight excluding hydrogens is 182 g/mol. The van der Waals surface area contributed by atoms with Gasteiger partial charge in [-0.15, -0.1) is 0 Å². The molecule has 0 aliphatic rings. The molecule has 0 bridgehead atoms. The van der Waals surface area contributed by atoms with Gasteiger partial charge in [0.05, 0.1) is 6.42 Å². The maximum absolute atomic E-state index is 11.5. The molecule has 14 heavy (non-hydrogen) atoms. The van der Waals surface area contributed by atoms with Crippen LogP contribution in [0.5, 0.6) is 0 Å². The van der Waals surface area contributed by atoms with Crippen molar-refractivity contribution >= 4 is 11.9 Å². The summed E-state index contributed by atoms with van der Waals surface area (Å²) in [4.78, 5) is 23.2. The number of hydrogen-bond donors (Lipinski definition) is 1. The molecule has 0 aliphatic carbocycles. The molecule has 0 aliphatic heterocycles. The summed E-state index contributed by atoms with van der Waals surface area (Å²) in [6, 6.07) is 0. The maximum atomic E-state index is 11.5. The second kappa shape index (κ2) is 6.18. The number of allylic oxidation sites excluding steroid dienone is 1. The predicted molar refractivity (Wildman–Crippen MR) is 53.9 cm³/mol. The van der Waals surface area contributed by atoms with Gasteiger partial charge in [-0.2, -0.15) is 0 Å². The van der Waals surface area contributed by atoms with E-state index >= 15 is 0 Å². The SMILES string of the molecule is CCC=C(C)C(=O)N(C)CCC(=O)O. The van der Waals surface area contributed by atoms with E-state index in [1.165, 1.54) is 4.90 Å². The minimum absolute atomic E-state index is 0.0123. The Morgan fingerprint density at radius 2 is 2.00 bits per heavy atom. The number of hydrogen-bond acceptors (Lipinski definition) is 2. The molecule has 0 aromatic carbocycles. The molecule has 0 fully saturated rings. The number of carboxylic acid groups (broad SMARTS) is 1. The molecule has 0 rings (SSSR count). The molecule has 0 unspecified atom stereocenters. The van der Waals surface area contributed by atoms with Crippen LogP contribution in [0.3, 0.4) is 0 Å². The van der Waals surface area contributed by atoms with E-state index in [0.29, 0.717) is 5.57 Å². The lowest BCUT2D eigenvalue weighted by Crippen LogP contribution is -2.29. The molecular formula is C10H17NO3. The molecule has 1 N–H and O–H groups in total. The lowest BCUT2D eigenvalue weighted by Gasteiger charge is -2.16. The smallest absolute Gasteiger partial charge is 0.305 e. The van der Waals surface area contributed by atoms with Crippen LogP contribution in [0.1, 0.15) is 26.7 Å². The fourth-order valence-electron chi connectivity index (χ4n) is 1.06. The topological polar surface area (TPSA) is 57.6 Å². The minimum Gasteiger partial charge on any atom is -0.481 e. The number of likely N-dealkylation sites (N-methyl/N-ethyl adjacent to an activating group) is 1. The molecule has 0 radical (unpaired) electrons. The highest BCUT2D eigenvalue weighted by molar-refractivity contribution is 5.92. The Kier molecular flexibility index (Phi) is 5.60. The molecule has 80 valence electrons. The Bertz CT molecular complexity index is 246. The van der Waals surface area contributed by atoms with Crippen LogP contribution in [0.25, 0.3) is 0 Å². The van der Waals surface area contributed by atoms with Crippen molar-refractivity contribution in [2.45, 2.75) is 26.7 Å². The lowest BCUT2D eigenvalue weighted by molar-refractivity contribution is -0.137. The monoisotopic (exact) mass is 199 g/mol. The highest BCUT2D eigenvalue weighted by atomic mass is 16.4. The van der Waals surface area contributed by atoms with Gasteiger partial charge < -0.3 is 10.0 Å². The van der Waals surface area contributed by atoms with E-state index in [1.54, 1.807) is 14.0 Å². The van der Waals surface area contributed by atoms with Crippen molar-refractivity contribution in [3.05, 3.63) is 11.6 Å². The number of carbonyl (C=O) groups excluding carboxylic acids is 1. The Hall–Kier alpha value is -1.32. The zero-order chi connectivity index (χ0) is 11.1. The zero-order valence-corrected chi connectivity index (χ0v) is 8.91. The number of carboxylic acids is 1. The molecule has 0 saturated heterocycles. The summed E-state index contributed by atoms with van der Waals surface area (Å²) in [7, 11) is 1.61. The summed E-state index contributed by atoms with van der Waals surface area (Å²) >= 11 is 0. The van der Waals surface area contributed by atoms with E-state index < -0.39 is 5.97 Å². The highest BCUT2D eigenvalue weighted by Crippen LogP contribution is 2.01. The number of amides is 1. The van der Waals surface area contributed by atoms with Crippen LogP contribution in [0, 0.1) is 0 Å². The summed E-state index contributed by atoms with van der Waals surface area (Å²) in [5.74, 6) is -0.991. The van der Waals surface area contributed by atoms with Crippen molar-refractivity contribution in [2.24, 2.45) is 0 Å². The molecule has 0 aromatic rings. The van der Waals surface area contributed by atoms with Crippen molar-refractivity contribution in [2.75, 3.05) is 13.6 Å². The number of rotatable bonds is 5. The fraction of sp³-hybridized carbons (Fsp3) is 0.600. The van der Waals surface area contributed by atoms with Crippen molar-refractivity contribution in [3.63, 3.8) is 0 Å². The number of carbonyl (C=O) groups is 2. The van der Waals surface area contributed by atoms with Crippen LogP contribution in [0.15, 0.2) is 11.6 Å². The quantitative estimate of drug-likeness (QED) is 0.678. The van der Waals surface area contributed by atoms with Gasteiger partial charge >= 0.3 is 5.97 Å². The normalized spacial score (nSPS) is 11.2. The van der Waals surface area contributed by atoms with Gasteiger partial charge in [-0.3, -0.25) is 9.59 Å². The average molecular weight is 199 g/mol. The molecule has 4 heteroatoms. The van der Waals surface area contributed by atoms with E-state index in [2.05, 4.69) is 0 Å². The average Bonchev–Trinajstić information content (AvgIpc) is 2.13. The van der Waals surface area contributed by atoms with Gasteiger partial charge in [0.1, 0.15) is 0 Å². The van der Waals surface area contributed by atoms with Crippen LogP contribution >= 0.6 is 0 Å². The summed E-state index contributed by atoms with van der Waals surface area (Å²) in [5, 5.41) is 8.43. The van der Waals surface area contributed by atoms with E-state index in [1.807, 2.05) is 13.0 Å². The first-order valence-electron chi connectivity index (χ1n) is 4.63. The Morgan fingerprint density at radius 3 is 2.43 bits per heavy atom. The highest BCUT2D eigenvalue weighted by Gasteiger charge is 2.11. The zero-order valence-electron chi connectivity index (χ0n) is 8.91. The van der Waals surface area contributed by atoms with Crippen LogP contribution in [-0.4, -0.2) is 35.5 Å². The van der Waals surface area contributed by atoms with E-state index in [0.717, 1.165) is 6.42 Å². The third kappa shape index (κ3) is 4.64. The fourth-order valence-corrected chi connectivity index (χ4v) is 1.06. The Labute approximate surface area is 84.2 Å². The largest absolute Gasteiger partial charge is 0.481 e. The molecule has 1 amide bonds. The third-order valence-corrected chi connectivity index (χ3v) is 1.86. The van der Waals surface area contributed by atoms with Crippen molar-refractivity contribution in [3.8, 4) is 0 Å². The minimum atomic E-state index is -0.887. The summed E-state index contributed by atoms with van der Waals surface area (Å²) in [5.41, 5.74) is 0.667. The second-order valence-electron chi connectivity index (χ2n) is 3.17. The first kappa shape index (κ1) is 12.7. The van der Waals surface area contributed by atoms with Crippen LogP contribution in [0.4, 0.5) is 0 Å². The van der Waals surface area contributed by atoms with Crippen molar-refractivity contribution < 1.29 is 14.7 Å². The lowest BCUT2D eigenvalue weighted by atomic mass is 10.2. The standard InChI is InChI=1S/C10H17NO3/c1-4-5-8(2)10(14)11(3)7-6-9(12)13/h5H,4,6-7H2,1-3H3,(H,12,13). The molecule has 0 heterocycles. The maximum Gasteiger partial charge on any atom is 0.305 e. The van der Waals surface area contributed by atoms with E-state index in [4.69, 9.17) is 5.11 Å². The number of nitrogens with zero attached hydrogens (tertiary/aromatic N) is 1. The Balaban J connectivity index is 4.12. The molecule has 0 saturated carbocycles. The van der Waals surface area contributed by atoms with Crippen LogP contribution in [-0.2, 0) is 9.59 Å². The van der Waals surface area contributed by atoms with Crippen LogP contribution < -0.4 is 0 Å². The molecule has 0 atom stereocenters. The van der Waals surface area contributed by atoms with Crippen molar-refractivity contribution in [1.29, 1.82) is 0 Å². The number of aliphatic carboxylic acids is 1. The van der Waals surface area contributed by atoms with Gasteiger partial charge in [-0.25, -0.2) is 0 Å². The van der Waals surface area contributed by atoms with Crippen LogP contribution in [0.2, 0.25) is 0 Å². The molecule has 4 nitrogen and oxygen atoms in total. The van der Waals surface area contributed by atoms with E-state index in [-0.39, 0.29) is 18.9 Å². The summed E-state index contributed by atoms with van der Waals surface area (Å²) in [6.45, 7) is 3.94. The third-order valence-electron chi connectivity index (χ3n) is 1.86. The summed E-state index contributed by atoms with van der Waals surface area (Å²) in [6.07, 6.45) is 2.63. The van der Waals surface area contributed by atoms with Gasteiger partial charge in [0.2, 0.25) is 5.91 Å². The molecule has 0 spiro atoms. The first-order valence-corrected chi connectivity index (χ1v) is 4.63. The van der Waals surface area contributed by atoms with Gasteiger partial charge in [0.25, 0.3) is 0 Å². The van der Waals surface area contributed by atoms with Crippen molar-refractivity contribution in [1.82, 2.24) is 4.90 Å². The first-order chi connectivity index (χ1) is 6.49. The predicted octanol–water partition coefficient (Wildman–Crippen LogP) is 1.28. The Morgan fingerprint density at radius 1 is 1.43 bits per heavy atom. The molecule has 0 aromatic heterocycles. The van der Waals surface area contributed by atoms with Gasteiger partial charge in [-0.05, 0) is 13.3 Å². The summed E-state index contributed by atoms with van der Waals surface area (Å²) < 4.78 is 0. The van der Waals surface area contributed by atoms with E-state index in [9.17, 15) is 9.59 Å². The second-order valence-corrected chi connectivity index (χ2v) is 3.17. The van der Waals surface area contributed by atoms with Gasteiger partial charge in [0, 0.05) is 19.2 Å². The van der Waals surface area contributed by atoms with Gasteiger partial charge in [-0.1, -0.05) is 13.0 Å².